The Balaban J connectivity index is 1.57. The Kier molecular flexibility index (Phi) is 9.32. The molecule has 2 aliphatic carbocycles. The molecule has 0 N–H and O–H groups in total. The summed E-state index contributed by atoms with van der Waals surface area (Å²) in [6, 6.07) is 6.57. The summed E-state index contributed by atoms with van der Waals surface area (Å²) >= 11 is 4.17. The zero-order chi connectivity index (χ0) is 24.9. The number of ether oxygens (including phenoxy) is 1. The second-order valence-electron chi connectivity index (χ2n) is 9.96. The molecule has 5 atom stereocenters. The first-order valence-electron chi connectivity index (χ1n) is 12.4. The lowest BCUT2D eigenvalue weighted by molar-refractivity contribution is -0.177. The average Bonchev–Trinajstić information content (AvgIpc) is 2.83. The summed E-state index contributed by atoms with van der Waals surface area (Å²) in [6.07, 6.45) is -5.21. The van der Waals surface area contributed by atoms with E-state index < -0.39 is 60.5 Å². The van der Waals surface area contributed by atoms with Gasteiger partial charge in [-0.3, -0.25) is 4.79 Å². The van der Waals surface area contributed by atoms with Gasteiger partial charge in [0.15, 0.2) is 23.7 Å². The van der Waals surface area contributed by atoms with Crippen molar-refractivity contribution in [1.82, 2.24) is 0 Å². The fourth-order valence-corrected chi connectivity index (χ4v) is 5.57. The van der Waals surface area contributed by atoms with Crippen LogP contribution in [0.1, 0.15) is 77.6 Å². The van der Waals surface area contributed by atoms with Gasteiger partial charge in [-0.1, -0.05) is 39.0 Å². The highest BCUT2D eigenvalue weighted by atomic mass is 32.1. The lowest BCUT2D eigenvalue weighted by Gasteiger charge is -2.49. The quantitative estimate of drug-likeness (QED) is 0.121. The van der Waals surface area contributed by atoms with Crippen LogP contribution in [0.2, 0.25) is 0 Å². The van der Waals surface area contributed by atoms with Crippen molar-refractivity contribution in [3.63, 3.8) is 0 Å². The van der Waals surface area contributed by atoms with Crippen LogP contribution < -0.4 is 4.74 Å². The van der Waals surface area contributed by atoms with E-state index in [1.807, 2.05) is 6.92 Å². The van der Waals surface area contributed by atoms with E-state index in [1.54, 1.807) is 24.3 Å². The van der Waals surface area contributed by atoms with Gasteiger partial charge >= 0.3 is 5.97 Å². The van der Waals surface area contributed by atoms with Crippen LogP contribution in [0.3, 0.4) is 0 Å². The van der Waals surface area contributed by atoms with E-state index in [0.29, 0.717) is 17.1 Å². The molecule has 2 nitrogen and oxygen atoms in total. The Hall–Kier alpha value is -1.31. The Morgan fingerprint density at radius 3 is 2.21 bits per heavy atom. The van der Waals surface area contributed by atoms with Crippen molar-refractivity contribution in [3.8, 4) is 5.75 Å². The standard InChI is InChI=1S/C26H35F5O2S/c1-2-3-4-5-6-15-25(30)21(27)16-26(31,23(29)22(25)28)18-9-7-17(8-10-18)24(32)33-19-11-13-20(34)14-12-19/h11-14,17-18,21-23,34H,2-10,15-16H2,1H3. The van der Waals surface area contributed by atoms with Gasteiger partial charge in [0.25, 0.3) is 0 Å². The molecule has 192 valence electrons. The van der Waals surface area contributed by atoms with Crippen molar-refractivity contribution in [2.75, 3.05) is 0 Å². The molecule has 3 rings (SSSR count). The highest BCUT2D eigenvalue weighted by Gasteiger charge is 2.66. The first-order chi connectivity index (χ1) is 16.1. The van der Waals surface area contributed by atoms with Gasteiger partial charge in [0.1, 0.15) is 11.9 Å². The molecule has 0 aliphatic heterocycles. The Labute approximate surface area is 204 Å². The van der Waals surface area contributed by atoms with Gasteiger partial charge < -0.3 is 4.74 Å². The molecule has 1 aromatic carbocycles. The molecule has 2 saturated carbocycles. The van der Waals surface area contributed by atoms with Gasteiger partial charge in [-0.25, -0.2) is 22.0 Å². The minimum atomic E-state index is -3.00. The summed E-state index contributed by atoms with van der Waals surface area (Å²) in [5, 5.41) is 0. The predicted octanol–water partition coefficient (Wildman–Crippen LogP) is 7.88. The van der Waals surface area contributed by atoms with Crippen molar-refractivity contribution in [1.29, 1.82) is 0 Å². The molecule has 1 aromatic rings. The third-order valence-corrected chi connectivity index (χ3v) is 7.94. The van der Waals surface area contributed by atoms with E-state index >= 15 is 13.2 Å². The molecule has 0 saturated heterocycles. The highest BCUT2D eigenvalue weighted by molar-refractivity contribution is 7.80. The number of hydrogen-bond acceptors (Lipinski definition) is 3. The fourth-order valence-electron chi connectivity index (χ4n) is 5.42. The Morgan fingerprint density at radius 2 is 1.59 bits per heavy atom. The van der Waals surface area contributed by atoms with E-state index in [0.717, 1.165) is 19.3 Å². The van der Waals surface area contributed by atoms with Gasteiger partial charge in [-0.15, -0.1) is 12.6 Å². The van der Waals surface area contributed by atoms with Crippen LogP contribution >= 0.6 is 12.6 Å². The molecule has 0 spiro atoms. The molecule has 34 heavy (non-hydrogen) atoms. The molecule has 0 heterocycles. The molecule has 8 heteroatoms. The fraction of sp³-hybridized carbons (Fsp3) is 0.731. The first-order valence-corrected chi connectivity index (χ1v) is 12.9. The molecular weight excluding hydrogens is 471 g/mol. The first kappa shape index (κ1) is 27.3. The summed E-state index contributed by atoms with van der Waals surface area (Å²) in [5.74, 6) is -1.60. The van der Waals surface area contributed by atoms with E-state index in [-0.39, 0.29) is 32.1 Å². The number of rotatable bonds is 9. The number of alkyl halides is 5. The lowest BCUT2D eigenvalue weighted by atomic mass is 9.63. The van der Waals surface area contributed by atoms with Gasteiger partial charge in [0, 0.05) is 11.3 Å². The second-order valence-corrected chi connectivity index (χ2v) is 10.5. The predicted molar refractivity (Wildman–Crippen MR) is 125 cm³/mol. The normalized spacial score (nSPS) is 36.3. The van der Waals surface area contributed by atoms with Crippen molar-refractivity contribution in [2.45, 2.75) is 112 Å². The molecule has 0 radical (unpaired) electrons. The maximum Gasteiger partial charge on any atom is 0.314 e. The SMILES string of the molecule is CCCCCCCC1(F)C(F)CC(F)(C2CCC(C(=O)Oc3ccc(S)cc3)CC2)C(F)C1F. The number of halogens is 5. The summed E-state index contributed by atoms with van der Waals surface area (Å²) < 4.78 is 81.1. The third-order valence-electron chi connectivity index (χ3n) is 7.64. The van der Waals surface area contributed by atoms with E-state index in [2.05, 4.69) is 12.6 Å². The van der Waals surface area contributed by atoms with Crippen molar-refractivity contribution >= 4 is 18.6 Å². The largest absolute Gasteiger partial charge is 0.426 e. The molecule has 5 unspecified atom stereocenters. The number of carbonyl (C=O) groups excluding carboxylic acids is 1. The zero-order valence-electron chi connectivity index (χ0n) is 19.6. The molecular formula is C26H35F5O2S. The number of benzene rings is 1. The maximum atomic E-state index is 15.8. The smallest absolute Gasteiger partial charge is 0.314 e. The second kappa shape index (κ2) is 11.6. The van der Waals surface area contributed by atoms with Crippen LogP contribution in [0, 0.1) is 11.8 Å². The van der Waals surface area contributed by atoms with Gasteiger partial charge in [0.05, 0.1) is 5.92 Å². The Morgan fingerprint density at radius 1 is 0.971 bits per heavy atom. The lowest BCUT2D eigenvalue weighted by Crippen LogP contribution is -2.64. The van der Waals surface area contributed by atoms with Crippen LogP contribution in [0.5, 0.6) is 5.75 Å². The minimum absolute atomic E-state index is 0.0853. The number of unbranched alkanes of at least 4 members (excludes halogenated alkanes) is 4. The number of carbonyl (C=O) groups is 1. The minimum Gasteiger partial charge on any atom is -0.426 e. The summed E-state index contributed by atoms with van der Waals surface area (Å²) in [7, 11) is 0. The summed E-state index contributed by atoms with van der Waals surface area (Å²) in [5.41, 5.74) is -5.78. The molecule has 2 fully saturated rings. The Bertz CT molecular complexity index is 801. The number of thiol groups is 1. The number of esters is 1. The van der Waals surface area contributed by atoms with Crippen LogP contribution in [0.25, 0.3) is 0 Å². The van der Waals surface area contributed by atoms with Crippen molar-refractivity contribution in [2.24, 2.45) is 11.8 Å². The zero-order valence-corrected chi connectivity index (χ0v) is 20.5. The summed E-state index contributed by atoms with van der Waals surface area (Å²) in [6.45, 7) is 2.01. The number of hydrogen-bond donors (Lipinski definition) is 1. The van der Waals surface area contributed by atoms with E-state index in [4.69, 9.17) is 4.74 Å². The van der Waals surface area contributed by atoms with Crippen LogP contribution in [0.4, 0.5) is 22.0 Å². The van der Waals surface area contributed by atoms with E-state index in [1.165, 1.54) is 0 Å². The van der Waals surface area contributed by atoms with Crippen molar-refractivity contribution in [3.05, 3.63) is 24.3 Å². The molecule has 0 amide bonds. The molecule has 0 aromatic heterocycles. The monoisotopic (exact) mass is 506 g/mol. The molecule has 2 aliphatic rings. The van der Waals surface area contributed by atoms with Crippen molar-refractivity contribution < 1.29 is 31.5 Å². The third kappa shape index (κ3) is 5.90. The van der Waals surface area contributed by atoms with Gasteiger partial charge in [-0.05, 0) is 62.3 Å². The van der Waals surface area contributed by atoms with Gasteiger partial charge in [-0.2, -0.15) is 0 Å². The topological polar surface area (TPSA) is 26.3 Å². The van der Waals surface area contributed by atoms with Crippen LogP contribution in [-0.2, 0) is 4.79 Å². The van der Waals surface area contributed by atoms with Gasteiger partial charge in [0.2, 0.25) is 0 Å². The van der Waals surface area contributed by atoms with Crippen LogP contribution in [0.15, 0.2) is 29.2 Å². The maximum absolute atomic E-state index is 15.8. The van der Waals surface area contributed by atoms with Crippen LogP contribution in [-0.4, -0.2) is 35.8 Å². The molecule has 0 bridgehead atoms. The average molecular weight is 507 g/mol. The van der Waals surface area contributed by atoms with E-state index in [9.17, 15) is 13.6 Å². The highest BCUT2D eigenvalue weighted by Crippen LogP contribution is 2.53. The summed E-state index contributed by atoms with van der Waals surface area (Å²) in [4.78, 5) is 13.2.